The first-order valence-corrected chi connectivity index (χ1v) is 6.08. The fourth-order valence-corrected chi connectivity index (χ4v) is 1.65. The van der Waals surface area contributed by atoms with Crippen LogP contribution in [-0.4, -0.2) is 30.0 Å². The number of nitrogens with one attached hydrogen (secondary N) is 1. The number of aliphatic hydroxyl groups excluding tert-OH is 2. The van der Waals surface area contributed by atoms with E-state index in [1.807, 2.05) is 12.1 Å². The van der Waals surface area contributed by atoms with E-state index in [-0.39, 0.29) is 13.2 Å². The molecule has 3 N–H and O–H groups in total. The maximum absolute atomic E-state index is 9.14. The highest BCUT2D eigenvalue weighted by atomic mass is 79.9. The van der Waals surface area contributed by atoms with Gasteiger partial charge in [0.15, 0.2) is 0 Å². The molecule has 0 aliphatic heterocycles. The van der Waals surface area contributed by atoms with E-state index < -0.39 is 5.41 Å². The Morgan fingerprint density at radius 1 is 1.38 bits per heavy atom. The van der Waals surface area contributed by atoms with Gasteiger partial charge in [0.2, 0.25) is 0 Å². The maximum Gasteiger partial charge on any atom is 0.0638 e. The Bertz CT molecular complexity index is 356. The summed E-state index contributed by atoms with van der Waals surface area (Å²) in [4.78, 5) is 0. The molecule has 0 radical (unpaired) electrons. The Labute approximate surface area is 109 Å². The third kappa shape index (κ3) is 3.63. The smallest absolute Gasteiger partial charge is 0.0638 e. The highest BCUT2D eigenvalue weighted by molar-refractivity contribution is 9.10. The SMILES string of the molecule is CC(CO)(CO)CNc1cc(Br)ccc1Cl. The molecule has 1 aromatic rings. The quantitative estimate of drug-likeness (QED) is 0.783. The van der Waals surface area contributed by atoms with Crippen LogP contribution in [0, 0.1) is 5.41 Å². The van der Waals surface area contributed by atoms with Gasteiger partial charge in [0, 0.05) is 16.4 Å². The standard InChI is InChI=1S/C11H15BrClNO2/c1-11(6-15,7-16)5-14-10-4-8(12)2-3-9(10)13/h2-4,14-16H,5-7H2,1H3. The Hall–Kier alpha value is -0.290. The highest BCUT2D eigenvalue weighted by Crippen LogP contribution is 2.27. The Morgan fingerprint density at radius 3 is 2.56 bits per heavy atom. The molecule has 90 valence electrons. The van der Waals surface area contributed by atoms with Gasteiger partial charge in [-0.2, -0.15) is 0 Å². The van der Waals surface area contributed by atoms with Crippen LogP contribution in [0.3, 0.4) is 0 Å². The van der Waals surface area contributed by atoms with Crippen molar-refractivity contribution in [3.05, 3.63) is 27.7 Å². The van der Waals surface area contributed by atoms with Crippen LogP contribution < -0.4 is 5.32 Å². The van der Waals surface area contributed by atoms with Crippen molar-refractivity contribution in [3.63, 3.8) is 0 Å². The van der Waals surface area contributed by atoms with Crippen molar-refractivity contribution < 1.29 is 10.2 Å². The summed E-state index contributed by atoms with van der Waals surface area (Å²) in [5.41, 5.74) is 0.232. The molecule has 0 saturated carbocycles. The summed E-state index contributed by atoms with van der Waals surface area (Å²) in [5, 5.41) is 22.0. The molecule has 5 heteroatoms. The first kappa shape index (κ1) is 13.8. The van der Waals surface area contributed by atoms with Gasteiger partial charge in [-0.15, -0.1) is 0 Å². The summed E-state index contributed by atoms with van der Waals surface area (Å²) in [6.45, 7) is 2.09. The molecule has 0 heterocycles. The second kappa shape index (κ2) is 5.87. The summed E-state index contributed by atoms with van der Waals surface area (Å²) < 4.78 is 0.925. The fraction of sp³-hybridized carbons (Fsp3) is 0.455. The molecule has 0 saturated heterocycles. The summed E-state index contributed by atoms with van der Waals surface area (Å²) in [6.07, 6.45) is 0. The second-order valence-electron chi connectivity index (χ2n) is 4.10. The van der Waals surface area contributed by atoms with Crippen molar-refractivity contribution in [1.82, 2.24) is 0 Å². The first-order valence-electron chi connectivity index (χ1n) is 4.91. The molecule has 16 heavy (non-hydrogen) atoms. The Morgan fingerprint density at radius 2 is 2.00 bits per heavy atom. The summed E-state index contributed by atoms with van der Waals surface area (Å²) in [6, 6.07) is 5.49. The zero-order valence-corrected chi connectivity index (χ0v) is 11.3. The van der Waals surface area contributed by atoms with Crippen LogP contribution >= 0.6 is 27.5 Å². The lowest BCUT2D eigenvalue weighted by Gasteiger charge is -2.25. The molecule has 0 aliphatic rings. The largest absolute Gasteiger partial charge is 0.396 e. The van der Waals surface area contributed by atoms with Crippen LogP contribution in [0.5, 0.6) is 0 Å². The molecule has 0 bridgehead atoms. The monoisotopic (exact) mass is 307 g/mol. The predicted octanol–water partition coefficient (Wildman–Crippen LogP) is 2.51. The average molecular weight is 309 g/mol. The minimum atomic E-state index is -0.550. The zero-order valence-electron chi connectivity index (χ0n) is 9.00. The van der Waals surface area contributed by atoms with E-state index in [1.165, 1.54) is 0 Å². The number of hydrogen-bond acceptors (Lipinski definition) is 3. The molecule has 1 rings (SSSR count). The number of aliphatic hydroxyl groups is 2. The maximum atomic E-state index is 9.14. The van der Waals surface area contributed by atoms with Gasteiger partial charge in [0.05, 0.1) is 23.9 Å². The molecule has 0 amide bonds. The molecule has 1 aromatic carbocycles. The third-order valence-corrected chi connectivity index (χ3v) is 3.22. The first-order chi connectivity index (χ1) is 7.50. The molecule has 0 spiro atoms. The van der Waals surface area contributed by atoms with E-state index in [4.69, 9.17) is 21.8 Å². The molecule has 0 atom stereocenters. The molecular formula is C11H15BrClNO2. The van der Waals surface area contributed by atoms with Crippen molar-refractivity contribution in [2.24, 2.45) is 5.41 Å². The van der Waals surface area contributed by atoms with Gasteiger partial charge in [0.1, 0.15) is 0 Å². The molecule has 0 fully saturated rings. The topological polar surface area (TPSA) is 52.5 Å². The highest BCUT2D eigenvalue weighted by Gasteiger charge is 2.22. The molecule has 0 aliphatic carbocycles. The molecule has 3 nitrogen and oxygen atoms in total. The van der Waals surface area contributed by atoms with Crippen LogP contribution in [0.2, 0.25) is 5.02 Å². The van der Waals surface area contributed by atoms with E-state index in [1.54, 1.807) is 13.0 Å². The van der Waals surface area contributed by atoms with Gasteiger partial charge in [-0.1, -0.05) is 34.5 Å². The van der Waals surface area contributed by atoms with Crippen LogP contribution in [0.25, 0.3) is 0 Å². The lowest BCUT2D eigenvalue weighted by atomic mass is 9.93. The number of rotatable bonds is 5. The van der Waals surface area contributed by atoms with Gasteiger partial charge in [-0.25, -0.2) is 0 Å². The van der Waals surface area contributed by atoms with E-state index in [9.17, 15) is 0 Å². The van der Waals surface area contributed by atoms with Crippen molar-refractivity contribution in [1.29, 1.82) is 0 Å². The van der Waals surface area contributed by atoms with E-state index >= 15 is 0 Å². The lowest BCUT2D eigenvalue weighted by Crippen LogP contribution is -2.34. The van der Waals surface area contributed by atoms with Gasteiger partial charge in [0.25, 0.3) is 0 Å². The zero-order chi connectivity index (χ0) is 12.2. The summed E-state index contributed by atoms with van der Waals surface area (Å²) in [7, 11) is 0. The van der Waals surface area contributed by atoms with Crippen molar-refractivity contribution in [2.75, 3.05) is 25.1 Å². The van der Waals surface area contributed by atoms with E-state index in [0.717, 1.165) is 10.2 Å². The van der Waals surface area contributed by atoms with E-state index in [2.05, 4.69) is 21.2 Å². The molecular weight excluding hydrogens is 293 g/mol. The second-order valence-corrected chi connectivity index (χ2v) is 5.43. The van der Waals surface area contributed by atoms with Crippen LogP contribution in [0.1, 0.15) is 6.92 Å². The van der Waals surface area contributed by atoms with Crippen LogP contribution in [0.15, 0.2) is 22.7 Å². The summed E-state index contributed by atoms with van der Waals surface area (Å²) >= 11 is 9.36. The van der Waals surface area contributed by atoms with Crippen molar-refractivity contribution in [2.45, 2.75) is 6.92 Å². The van der Waals surface area contributed by atoms with Crippen molar-refractivity contribution in [3.8, 4) is 0 Å². The van der Waals surface area contributed by atoms with Gasteiger partial charge < -0.3 is 15.5 Å². The number of anilines is 1. The number of benzene rings is 1. The van der Waals surface area contributed by atoms with Crippen LogP contribution in [-0.2, 0) is 0 Å². The lowest BCUT2D eigenvalue weighted by molar-refractivity contribution is 0.0806. The predicted molar refractivity (Wildman–Crippen MR) is 69.9 cm³/mol. The molecule has 0 unspecified atom stereocenters. The van der Waals surface area contributed by atoms with E-state index in [0.29, 0.717) is 11.6 Å². The van der Waals surface area contributed by atoms with Gasteiger partial charge >= 0.3 is 0 Å². The fourth-order valence-electron chi connectivity index (χ4n) is 1.10. The van der Waals surface area contributed by atoms with Crippen molar-refractivity contribution >= 4 is 33.2 Å². The van der Waals surface area contributed by atoms with Crippen LogP contribution in [0.4, 0.5) is 5.69 Å². The Kier molecular flexibility index (Phi) is 5.05. The normalized spacial score (nSPS) is 11.6. The third-order valence-electron chi connectivity index (χ3n) is 2.40. The van der Waals surface area contributed by atoms with Gasteiger partial charge in [-0.05, 0) is 18.2 Å². The minimum absolute atomic E-state index is 0.0812. The molecule has 0 aromatic heterocycles. The average Bonchev–Trinajstić information content (AvgIpc) is 2.30. The summed E-state index contributed by atoms with van der Waals surface area (Å²) in [5.74, 6) is 0. The Balaban J connectivity index is 2.70. The minimum Gasteiger partial charge on any atom is -0.396 e. The number of hydrogen-bond donors (Lipinski definition) is 3. The number of halogens is 2. The van der Waals surface area contributed by atoms with Gasteiger partial charge in [-0.3, -0.25) is 0 Å².